The second kappa shape index (κ2) is 6.51. The molecule has 1 saturated carbocycles. The van der Waals surface area contributed by atoms with Crippen LogP contribution in [0.4, 0.5) is 0 Å². The van der Waals surface area contributed by atoms with Gasteiger partial charge in [0.05, 0.1) is 0 Å². The maximum atomic E-state index is 12.0. The zero-order valence-electron chi connectivity index (χ0n) is 9.84. The van der Waals surface area contributed by atoms with Crippen LogP contribution in [-0.4, -0.2) is 28.7 Å². The van der Waals surface area contributed by atoms with Crippen LogP contribution in [-0.2, 0) is 4.79 Å². The normalized spacial score (nSPS) is 18.3. The van der Waals surface area contributed by atoms with E-state index >= 15 is 0 Å². The standard InChI is InChI=1S/C12H22BrNO/c1-3-10(2)9-12(15)14(8-7-13)11-5-4-6-11/h10-11H,3-9H2,1-2H3. The molecule has 1 aliphatic carbocycles. The van der Waals surface area contributed by atoms with Crippen molar-refractivity contribution < 1.29 is 4.79 Å². The highest BCUT2D eigenvalue weighted by Crippen LogP contribution is 2.26. The molecule has 3 heteroatoms. The van der Waals surface area contributed by atoms with Gasteiger partial charge in [-0.05, 0) is 25.2 Å². The van der Waals surface area contributed by atoms with Gasteiger partial charge >= 0.3 is 0 Å². The second-order valence-electron chi connectivity index (χ2n) is 4.58. The Hall–Kier alpha value is -0.0500. The van der Waals surface area contributed by atoms with E-state index in [1.54, 1.807) is 0 Å². The predicted molar refractivity (Wildman–Crippen MR) is 67.2 cm³/mol. The van der Waals surface area contributed by atoms with Gasteiger partial charge in [-0.3, -0.25) is 4.79 Å². The van der Waals surface area contributed by atoms with Gasteiger partial charge in [-0.25, -0.2) is 0 Å². The van der Waals surface area contributed by atoms with Gasteiger partial charge in [0, 0.05) is 24.3 Å². The molecule has 0 spiro atoms. The van der Waals surface area contributed by atoms with Crippen LogP contribution in [0.1, 0.15) is 46.0 Å². The van der Waals surface area contributed by atoms with Crippen LogP contribution >= 0.6 is 15.9 Å². The van der Waals surface area contributed by atoms with Crippen molar-refractivity contribution in [3.05, 3.63) is 0 Å². The third-order valence-corrected chi connectivity index (χ3v) is 3.74. The average molecular weight is 276 g/mol. The number of halogens is 1. The monoisotopic (exact) mass is 275 g/mol. The highest BCUT2D eigenvalue weighted by molar-refractivity contribution is 9.09. The second-order valence-corrected chi connectivity index (χ2v) is 5.37. The summed E-state index contributed by atoms with van der Waals surface area (Å²) in [7, 11) is 0. The summed E-state index contributed by atoms with van der Waals surface area (Å²) in [6.45, 7) is 5.18. The fourth-order valence-corrected chi connectivity index (χ4v) is 2.24. The van der Waals surface area contributed by atoms with Gasteiger partial charge in [0.25, 0.3) is 0 Å². The molecule has 0 radical (unpaired) electrons. The molecule has 1 unspecified atom stereocenters. The molecule has 0 aromatic rings. The lowest BCUT2D eigenvalue weighted by Crippen LogP contribution is -2.45. The summed E-state index contributed by atoms with van der Waals surface area (Å²) in [5.74, 6) is 0.879. The Morgan fingerprint density at radius 2 is 2.20 bits per heavy atom. The van der Waals surface area contributed by atoms with E-state index in [0.29, 0.717) is 17.9 Å². The molecule has 1 amide bonds. The number of nitrogens with zero attached hydrogens (tertiary/aromatic N) is 1. The Bertz CT molecular complexity index is 204. The Kier molecular flexibility index (Phi) is 5.65. The molecule has 0 saturated heterocycles. The molecule has 0 N–H and O–H groups in total. The molecule has 1 rings (SSSR count). The molecule has 2 nitrogen and oxygen atoms in total. The summed E-state index contributed by atoms with van der Waals surface area (Å²) in [5, 5.41) is 0.899. The van der Waals surface area contributed by atoms with Gasteiger partial charge in [0.15, 0.2) is 0 Å². The fraction of sp³-hybridized carbons (Fsp3) is 0.917. The van der Waals surface area contributed by atoms with E-state index in [0.717, 1.165) is 24.7 Å². The molecular formula is C12H22BrNO. The summed E-state index contributed by atoms with van der Waals surface area (Å²) in [6.07, 6.45) is 5.52. The zero-order valence-corrected chi connectivity index (χ0v) is 11.4. The van der Waals surface area contributed by atoms with Crippen LogP contribution in [0.15, 0.2) is 0 Å². The number of carbonyl (C=O) groups is 1. The number of hydrogen-bond acceptors (Lipinski definition) is 1. The highest BCUT2D eigenvalue weighted by atomic mass is 79.9. The van der Waals surface area contributed by atoms with Crippen molar-refractivity contribution in [1.29, 1.82) is 0 Å². The summed E-state index contributed by atoms with van der Waals surface area (Å²) < 4.78 is 0. The molecule has 88 valence electrons. The van der Waals surface area contributed by atoms with Gasteiger partial charge in [0.1, 0.15) is 0 Å². The average Bonchev–Trinajstić information content (AvgIpc) is 2.14. The minimum absolute atomic E-state index is 0.355. The number of amides is 1. The minimum atomic E-state index is 0.355. The van der Waals surface area contributed by atoms with Gasteiger partial charge in [-0.1, -0.05) is 36.2 Å². The van der Waals surface area contributed by atoms with Gasteiger partial charge < -0.3 is 4.90 Å². The van der Waals surface area contributed by atoms with E-state index in [-0.39, 0.29) is 0 Å². The third kappa shape index (κ3) is 3.78. The first-order chi connectivity index (χ1) is 7.19. The molecular weight excluding hydrogens is 254 g/mol. The van der Waals surface area contributed by atoms with Gasteiger partial charge in [0.2, 0.25) is 5.91 Å². The topological polar surface area (TPSA) is 20.3 Å². The smallest absolute Gasteiger partial charge is 0.223 e. The van der Waals surface area contributed by atoms with Crippen molar-refractivity contribution in [3.63, 3.8) is 0 Å². The third-order valence-electron chi connectivity index (χ3n) is 3.38. The van der Waals surface area contributed by atoms with Crippen LogP contribution in [0.25, 0.3) is 0 Å². The Morgan fingerprint density at radius 1 is 1.53 bits per heavy atom. The number of rotatable bonds is 6. The molecule has 1 aliphatic rings. The molecule has 1 fully saturated rings. The van der Waals surface area contributed by atoms with Crippen molar-refractivity contribution in [1.82, 2.24) is 4.90 Å². The van der Waals surface area contributed by atoms with Crippen molar-refractivity contribution in [2.24, 2.45) is 5.92 Å². The maximum Gasteiger partial charge on any atom is 0.223 e. The van der Waals surface area contributed by atoms with Crippen LogP contribution in [0.2, 0.25) is 0 Å². The SMILES string of the molecule is CCC(C)CC(=O)N(CCBr)C1CCC1. The number of hydrogen-bond donors (Lipinski definition) is 0. The maximum absolute atomic E-state index is 12.0. The van der Waals surface area contributed by atoms with Crippen LogP contribution in [0.5, 0.6) is 0 Å². The van der Waals surface area contributed by atoms with E-state index < -0.39 is 0 Å². The minimum Gasteiger partial charge on any atom is -0.339 e. The number of alkyl halides is 1. The van der Waals surface area contributed by atoms with Crippen molar-refractivity contribution in [2.75, 3.05) is 11.9 Å². The first-order valence-electron chi connectivity index (χ1n) is 6.04. The van der Waals surface area contributed by atoms with Crippen LogP contribution in [0.3, 0.4) is 0 Å². The molecule has 0 aromatic carbocycles. The van der Waals surface area contributed by atoms with E-state index in [4.69, 9.17) is 0 Å². The first kappa shape index (κ1) is 13.0. The Balaban J connectivity index is 2.43. The quantitative estimate of drug-likeness (QED) is 0.682. The predicted octanol–water partition coefficient (Wildman–Crippen LogP) is 3.20. The molecule has 0 aromatic heterocycles. The fourth-order valence-electron chi connectivity index (χ4n) is 1.86. The van der Waals surface area contributed by atoms with E-state index in [2.05, 4.69) is 34.7 Å². The lowest BCUT2D eigenvalue weighted by Gasteiger charge is -2.37. The molecule has 0 bridgehead atoms. The van der Waals surface area contributed by atoms with E-state index in [1.165, 1.54) is 19.3 Å². The summed E-state index contributed by atoms with van der Waals surface area (Å²) in [4.78, 5) is 14.1. The van der Waals surface area contributed by atoms with Crippen molar-refractivity contribution in [3.8, 4) is 0 Å². The summed E-state index contributed by atoms with van der Waals surface area (Å²) >= 11 is 3.43. The number of carbonyl (C=O) groups excluding carboxylic acids is 1. The Labute approximate surface area is 102 Å². The van der Waals surface area contributed by atoms with E-state index in [1.807, 2.05) is 0 Å². The molecule has 0 heterocycles. The largest absolute Gasteiger partial charge is 0.339 e. The van der Waals surface area contributed by atoms with Gasteiger partial charge in [-0.2, -0.15) is 0 Å². The zero-order chi connectivity index (χ0) is 11.3. The molecule has 1 atom stereocenters. The highest BCUT2D eigenvalue weighted by Gasteiger charge is 2.28. The molecule has 0 aliphatic heterocycles. The summed E-state index contributed by atoms with van der Waals surface area (Å²) in [5.41, 5.74) is 0. The van der Waals surface area contributed by atoms with Gasteiger partial charge in [-0.15, -0.1) is 0 Å². The first-order valence-corrected chi connectivity index (χ1v) is 7.16. The summed E-state index contributed by atoms with van der Waals surface area (Å²) in [6, 6.07) is 0.541. The lowest BCUT2D eigenvalue weighted by atomic mass is 9.90. The van der Waals surface area contributed by atoms with Crippen LogP contribution in [0, 0.1) is 5.92 Å². The van der Waals surface area contributed by atoms with Crippen molar-refractivity contribution >= 4 is 21.8 Å². The Morgan fingerprint density at radius 3 is 2.60 bits per heavy atom. The lowest BCUT2D eigenvalue weighted by molar-refractivity contribution is -0.135. The van der Waals surface area contributed by atoms with Crippen molar-refractivity contribution in [2.45, 2.75) is 52.0 Å². The van der Waals surface area contributed by atoms with E-state index in [9.17, 15) is 4.79 Å². The van der Waals surface area contributed by atoms with Crippen LogP contribution < -0.4 is 0 Å². The molecule has 15 heavy (non-hydrogen) atoms.